The number of hydrogen-bond acceptors (Lipinski definition) is 4. The molecule has 1 fully saturated rings. The molecule has 4 rings (SSSR count). The number of aliphatic imine (C=N–C) groups is 1. The van der Waals surface area contributed by atoms with Crippen molar-refractivity contribution >= 4 is 41.0 Å². The van der Waals surface area contributed by atoms with Crippen LogP contribution in [0.5, 0.6) is 5.88 Å². The molecule has 0 saturated heterocycles. The number of aryl methyl sites for hydroxylation is 2. The van der Waals surface area contributed by atoms with Crippen molar-refractivity contribution in [3.63, 3.8) is 0 Å². The van der Waals surface area contributed by atoms with Crippen LogP contribution in [0.3, 0.4) is 0 Å². The average molecular weight is 534 g/mol. The molecule has 0 spiro atoms. The molecule has 1 saturated carbocycles. The highest BCUT2D eigenvalue weighted by molar-refractivity contribution is 14.0. The summed E-state index contributed by atoms with van der Waals surface area (Å²) in [5.41, 5.74) is 3.34. The number of ether oxygens (including phenoxy) is 1. The second-order valence-electron chi connectivity index (χ2n) is 7.76. The number of halogens is 1. The van der Waals surface area contributed by atoms with Crippen LogP contribution in [-0.4, -0.2) is 40.7 Å². The molecule has 1 aliphatic carbocycles. The average Bonchev–Trinajstić information content (AvgIpc) is 3.55. The molecule has 2 heterocycles. The van der Waals surface area contributed by atoms with E-state index in [0.717, 1.165) is 54.9 Å². The van der Waals surface area contributed by atoms with Gasteiger partial charge in [0.2, 0.25) is 5.88 Å². The lowest BCUT2D eigenvalue weighted by Crippen LogP contribution is -2.37. The van der Waals surface area contributed by atoms with Crippen LogP contribution in [0.15, 0.2) is 47.6 Å². The zero-order valence-corrected chi connectivity index (χ0v) is 20.5. The molecule has 0 bridgehead atoms. The Kier molecular flexibility index (Phi) is 8.51. The number of imidazole rings is 1. The van der Waals surface area contributed by atoms with E-state index in [1.165, 1.54) is 18.4 Å². The number of aromatic nitrogens is 3. The van der Waals surface area contributed by atoms with E-state index in [9.17, 15) is 0 Å². The first-order valence-corrected chi connectivity index (χ1v) is 10.7. The van der Waals surface area contributed by atoms with Gasteiger partial charge in [0.15, 0.2) is 5.96 Å². The first-order chi connectivity index (χ1) is 14.7. The molecule has 1 aliphatic rings. The van der Waals surface area contributed by atoms with E-state index in [1.54, 1.807) is 7.05 Å². The first-order valence-electron chi connectivity index (χ1n) is 10.7. The standard InChI is InChI=1S/C23H30N6O.HI/c1-17-28-20-6-3-4-7-21(20)29(17)13-5-12-25-23(24-2)27-15-19-10-11-22(26-14-19)30-16-18-8-9-18;/h3-4,6-7,10-11,14,18H,5,8-9,12-13,15-16H2,1-2H3,(H2,24,25,27);1H. The third-order valence-electron chi connectivity index (χ3n) is 5.34. The predicted octanol–water partition coefficient (Wildman–Crippen LogP) is 3.90. The highest BCUT2D eigenvalue weighted by Crippen LogP contribution is 2.29. The van der Waals surface area contributed by atoms with E-state index in [1.807, 2.05) is 24.4 Å². The van der Waals surface area contributed by atoms with Gasteiger partial charge < -0.3 is 19.9 Å². The van der Waals surface area contributed by atoms with Gasteiger partial charge in [-0.15, -0.1) is 24.0 Å². The van der Waals surface area contributed by atoms with E-state index in [2.05, 4.69) is 55.3 Å². The minimum Gasteiger partial charge on any atom is -0.477 e. The number of para-hydroxylation sites is 2. The van der Waals surface area contributed by atoms with Gasteiger partial charge in [0, 0.05) is 38.9 Å². The maximum Gasteiger partial charge on any atom is 0.213 e. The van der Waals surface area contributed by atoms with Gasteiger partial charge in [0.05, 0.1) is 17.6 Å². The number of nitrogens with one attached hydrogen (secondary N) is 2. The number of guanidine groups is 1. The van der Waals surface area contributed by atoms with Gasteiger partial charge in [-0.25, -0.2) is 9.97 Å². The number of rotatable bonds is 9. The lowest BCUT2D eigenvalue weighted by atomic mass is 10.3. The Labute approximate surface area is 200 Å². The molecule has 31 heavy (non-hydrogen) atoms. The molecule has 7 nitrogen and oxygen atoms in total. The van der Waals surface area contributed by atoms with Crippen LogP contribution in [0.2, 0.25) is 0 Å². The van der Waals surface area contributed by atoms with Crippen LogP contribution >= 0.6 is 24.0 Å². The Morgan fingerprint density at radius 2 is 2.03 bits per heavy atom. The zero-order chi connectivity index (χ0) is 20.8. The van der Waals surface area contributed by atoms with Crippen LogP contribution in [0, 0.1) is 12.8 Å². The molecule has 2 N–H and O–H groups in total. The van der Waals surface area contributed by atoms with Crippen LogP contribution < -0.4 is 15.4 Å². The van der Waals surface area contributed by atoms with E-state index in [0.29, 0.717) is 12.4 Å². The van der Waals surface area contributed by atoms with E-state index < -0.39 is 0 Å². The Hall–Kier alpha value is -2.36. The predicted molar refractivity (Wildman–Crippen MR) is 135 cm³/mol. The molecular weight excluding hydrogens is 503 g/mol. The van der Waals surface area contributed by atoms with Crippen molar-refractivity contribution in [2.75, 3.05) is 20.2 Å². The summed E-state index contributed by atoms with van der Waals surface area (Å²) in [7, 11) is 1.79. The molecular formula is C23H31IN6O. The molecule has 0 radical (unpaired) electrons. The highest BCUT2D eigenvalue weighted by atomic mass is 127. The fraction of sp³-hybridized carbons (Fsp3) is 0.435. The Balaban J connectivity index is 0.00000272. The van der Waals surface area contributed by atoms with Crippen molar-refractivity contribution in [2.45, 2.75) is 39.3 Å². The fourth-order valence-corrected chi connectivity index (χ4v) is 3.42. The third-order valence-corrected chi connectivity index (χ3v) is 5.34. The second kappa shape index (κ2) is 11.3. The van der Waals surface area contributed by atoms with Gasteiger partial charge in [-0.1, -0.05) is 18.2 Å². The number of benzene rings is 1. The van der Waals surface area contributed by atoms with Crippen molar-refractivity contribution in [2.24, 2.45) is 10.9 Å². The van der Waals surface area contributed by atoms with Crippen molar-refractivity contribution < 1.29 is 4.74 Å². The maximum atomic E-state index is 5.69. The largest absolute Gasteiger partial charge is 0.477 e. The Morgan fingerprint density at radius 3 is 2.77 bits per heavy atom. The molecule has 166 valence electrons. The van der Waals surface area contributed by atoms with Crippen molar-refractivity contribution in [1.82, 2.24) is 25.2 Å². The van der Waals surface area contributed by atoms with Gasteiger partial charge in [-0.3, -0.25) is 4.99 Å². The summed E-state index contributed by atoms with van der Waals surface area (Å²) in [5, 5.41) is 6.72. The van der Waals surface area contributed by atoms with Crippen LogP contribution in [0.1, 0.15) is 30.7 Å². The fourth-order valence-electron chi connectivity index (χ4n) is 3.42. The van der Waals surface area contributed by atoms with Crippen LogP contribution in [0.25, 0.3) is 11.0 Å². The van der Waals surface area contributed by atoms with E-state index in [4.69, 9.17) is 4.74 Å². The normalized spacial score (nSPS) is 13.7. The topological polar surface area (TPSA) is 76.4 Å². The van der Waals surface area contributed by atoms with Gasteiger partial charge in [0.1, 0.15) is 5.82 Å². The lowest BCUT2D eigenvalue weighted by molar-refractivity contribution is 0.288. The Morgan fingerprint density at radius 1 is 1.19 bits per heavy atom. The summed E-state index contributed by atoms with van der Waals surface area (Å²) < 4.78 is 7.96. The number of hydrogen-bond donors (Lipinski definition) is 2. The summed E-state index contributed by atoms with van der Waals surface area (Å²) in [4.78, 5) is 13.3. The van der Waals surface area contributed by atoms with Gasteiger partial charge in [0.25, 0.3) is 0 Å². The molecule has 0 amide bonds. The number of fused-ring (bicyclic) bond motifs is 1. The van der Waals surface area contributed by atoms with Gasteiger partial charge in [-0.05, 0) is 49.8 Å². The number of nitrogens with zero attached hydrogens (tertiary/aromatic N) is 4. The first kappa shape index (κ1) is 23.3. The van der Waals surface area contributed by atoms with Crippen molar-refractivity contribution in [1.29, 1.82) is 0 Å². The minimum absolute atomic E-state index is 0. The highest BCUT2D eigenvalue weighted by Gasteiger charge is 2.22. The quantitative estimate of drug-likeness (QED) is 0.189. The van der Waals surface area contributed by atoms with Gasteiger partial charge >= 0.3 is 0 Å². The monoisotopic (exact) mass is 534 g/mol. The zero-order valence-electron chi connectivity index (χ0n) is 18.2. The molecule has 0 atom stereocenters. The molecule has 0 aliphatic heterocycles. The summed E-state index contributed by atoms with van der Waals surface area (Å²) in [6.07, 6.45) is 5.41. The SMILES string of the molecule is CN=C(NCCCn1c(C)nc2ccccc21)NCc1ccc(OCC2CC2)nc1.I. The summed E-state index contributed by atoms with van der Waals surface area (Å²) in [6, 6.07) is 12.3. The molecule has 0 unspecified atom stereocenters. The molecule has 3 aromatic rings. The van der Waals surface area contributed by atoms with Crippen LogP contribution in [0.4, 0.5) is 0 Å². The Bertz CT molecular complexity index is 997. The van der Waals surface area contributed by atoms with E-state index >= 15 is 0 Å². The molecule has 1 aromatic carbocycles. The third kappa shape index (κ3) is 6.56. The van der Waals surface area contributed by atoms with Crippen molar-refractivity contribution in [3.8, 4) is 5.88 Å². The lowest BCUT2D eigenvalue weighted by Gasteiger charge is -2.13. The van der Waals surface area contributed by atoms with Crippen LogP contribution in [-0.2, 0) is 13.1 Å². The van der Waals surface area contributed by atoms with Crippen molar-refractivity contribution in [3.05, 3.63) is 54.0 Å². The summed E-state index contributed by atoms with van der Waals surface area (Å²) in [6.45, 7) is 5.26. The smallest absolute Gasteiger partial charge is 0.213 e. The second-order valence-corrected chi connectivity index (χ2v) is 7.76. The van der Waals surface area contributed by atoms with E-state index in [-0.39, 0.29) is 24.0 Å². The van der Waals surface area contributed by atoms with Gasteiger partial charge in [-0.2, -0.15) is 0 Å². The maximum absolute atomic E-state index is 5.69. The number of pyridine rings is 1. The summed E-state index contributed by atoms with van der Waals surface area (Å²) in [5.74, 6) is 3.28. The molecule has 8 heteroatoms. The summed E-state index contributed by atoms with van der Waals surface area (Å²) >= 11 is 0. The minimum atomic E-state index is 0. The molecule has 2 aromatic heterocycles.